The summed E-state index contributed by atoms with van der Waals surface area (Å²) < 4.78 is 0. The van der Waals surface area contributed by atoms with Gasteiger partial charge in [-0.05, 0) is 25.0 Å². The van der Waals surface area contributed by atoms with E-state index >= 15 is 0 Å². The highest BCUT2D eigenvalue weighted by Crippen LogP contribution is 2.23. The van der Waals surface area contributed by atoms with Crippen LogP contribution < -0.4 is 5.32 Å². The van der Waals surface area contributed by atoms with E-state index < -0.39 is 0 Å². The van der Waals surface area contributed by atoms with Crippen molar-refractivity contribution in [2.24, 2.45) is 0 Å². The fourth-order valence-electron chi connectivity index (χ4n) is 2.00. The van der Waals surface area contributed by atoms with Crippen LogP contribution in [0, 0.1) is 6.92 Å². The van der Waals surface area contributed by atoms with Crippen LogP contribution in [-0.4, -0.2) is 37.0 Å². The number of carbonyl (C=O) groups is 1. The molecule has 0 atom stereocenters. The maximum absolute atomic E-state index is 12.2. The highest BCUT2D eigenvalue weighted by Gasteiger charge is 2.20. The van der Waals surface area contributed by atoms with Crippen molar-refractivity contribution in [2.45, 2.75) is 20.3 Å². The SMILES string of the molecule is CCc1sc(C(=O)N2CCNCC2)cc1C. The van der Waals surface area contributed by atoms with E-state index in [0.717, 1.165) is 37.5 Å². The lowest BCUT2D eigenvalue weighted by Crippen LogP contribution is -2.46. The number of amides is 1. The average Bonchev–Trinajstić information content (AvgIpc) is 2.71. The molecule has 4 heteroatoms. The third-order valence-corrected chi connectivity index (χ3v) is 4.33. The Morgan fingerprint density at radius 3 is 2.75 bits per heavy atom. The van der Waals surface area contributed by atoms with Crippen LogP contribution in [0.25, 0.3) is 0 Å². The lowest BCUT2D eigenvalue weighted by atomic mass is 10.2. The van der Waals surface area contributed by atoms with E-state index in [1.165, 1.54) is 10.4 Å². The first-order valence-corrected chi connectivity index (χ1v) is 6.63. The molecule has 0 aliphatic carbocycles. The third-order valence-electron chi connectivity index (χ3n) is 2.96. The van der Waals surface area contributed by atoms with Crippen LogP contribution in [0.4, 0.5) is 0 Å². The molecule has 0 radical (unpaired) electrons. The normalized spacial score (nSPS) is 16.5. The van der Waals surface area contributed by atoms with Crippen molar-refractivity contribution in [3.05, 3.63) is 21.4 Å². The van der Waals surface area contributed by atoms with Crippen molar-refractivity contribution in [1.82, 2.24) is 10.2 Å². The van der Waals surface area contributed by atoms with E-state index in [1.54, 1.807) is 11.3 Å². The van der Waals surface area contributed by atoms with Crippen molar-refractivity contribution in [3.63, 3.8) is 0 Å². The van der Waals surface area contributed by atoms with Gasteiger partial charge in [0.05, 0.1) is 4.88 Å². The van der Waals surface area contributed by atoms with E-state index in [9.17, 15) is 4.79 Å². The summed E-state index contributed by atoms with van der Waals surface area (Å²) in [7, 11) is 0. The number of carbonyl (C=O) groups excluding carboxylic acids is 1. The molecule has 1 N–H and O–H groups in total. The van der Waals surface area contributed by atoms with Gasteiger partial charge in [-0.2, -0.15) is 0 Å². The van der Waals surface area contributed by atoms with Gasteiger partial charge in [0, 0.05) is 31.1 Å². The molecule has 2 heterocycles. The third kappa shape index (κ3) is 2.28. The summed E-state index contributed by atoms with van der Waals surface area (Å²) in [5, 5.41) is 3.26. The molecule has 0 aromatic carbocycles. The van der Waals surface area contributed by atoms with Crippen molar-refractivity contribution in [3.8, 4) is 0 Å². The van der Waals surface area contributed by atoms with E-state index in [4.69, 9.17) is 0 Å². The van der Waals surface area contributed by atoms with Gasteiger partial charge in [-0.25, -0.2) is 0 Å². The molecule has 1 saturated heterocycles. The fraction of sp³-hybridized carbons (Fsp3) is 0.583. The van der Waals surface area contributed by atoms with Crippen LogP contribution in [0.1, 0.15) is 27.0 Å². The molecule has 88 valence electrons. The lowest BCUT2D eigenvalue weighted by molar-refractivity contribution is 0.0740. The number of nitrogens with zero attached hydrogens (tertiary/aromatic N) is 1. The molecule has 1 aromatic rings. The van der Waals surface area contributed by atoms with Gasteiger partial charge in [0.1, 0.15) is 0 Å². The van der Waals surface area contributed by atoms with Crippen LogP contribution in [0.15, 0.2) is 6.07 Å². The van der Waals surface area contributed by atoms with Gasteiger partial charge in [-0.1, -0.05) is 6.92 Å². The summed E-state index contributed by atoms with van der Waals surface area (Å²) in [6.45, 7) is 7.71. The molecule has 1 aliphatic heterocycles. The first kappa shape index (κ1) is 11.6. The van der Waals surface area contributed by atoms with Gasteiger partial charge < -0.3 is 10.2 Å². The lowest BCUT2D eigenvalue weighted by Gasteiger charge is -2.26. The van der Waals surface area contributed by atoms with Crippen LogP contribution in [-0.2, 0) is 6.42 Å². The van der Waals surface area contributed by atoms with Gasteiger partial charge in [0.15, 0.2) is 0 Å². The number of rotatable bonds is 2. The minimum atomic E-state index is 0.203. The molecule has 1 fully saturated rings. The van der Waals surface area contributed by atoms with Gasteiger partial charge in [0.2, 0.25) is 0 Å². The summed E-state index contributed by atoms with van der Waals surface area (Å²) in [4.78, 5) is 16.4. The molecule has 1 aromatic heterocycles. The summed E-state index contributed by atoms with van der Waals surface area (Å²) in [6.07, 6.45) is 1.02. The molecular formula is C12H18N2OS. The van der Waals surface area contributed by atoms with Gasteiger partial charge in [-0.15, -0.1) is 11.3 Å². The largest absolute Gasteiger partial charge is 0.335 e. The quantitative estimate of drug-likeness (QED) is 0.850. The van der Waals surface area contributed by atoms with Gasteiger partial charge in [-0.3, -0.25) is 4.79 Å². The van der Waals surface area contributed by atoms with Crippen molar-refractivity contribution >= 4 is 17.2 Å². The number of hydrogen-bond donors (Lipinski definition) is 1. The Labute approximate surface area is 100 Å². The molecular weight excluding hydrogens is 220 g/mol. The Morgan fingerprint density at radius 2 is 2.19 bits per heavy atom. The standard InChI is InChI=1S/C12H18N2OS/c1-3-10-9(2)8-11(16-10)12(15)14-6-4-13-5-7-14/h8,13H,3-7H2,1-2H3. The minimum Gasteiger partial charge on any atom is -0.335 e. The smallest absolute Gasteiger partial charge is 0.264 e. The predicted octanol–water partition coefficient (Wildman–Crippen LogP) is 1.66. The second-order valence-corrected chi connectivity index (χ2v) is 5.25. The highest BCUT2D eigenvalue weighted by molar-refractivity contribution is 7.14. The van der Waals surface area contributed by atoms with Crippen LogP contribution in [0.3, 0.4) is 0 Å². The number of aryl methyl sites for hydroxylation is 2. The molecule has 2 rings (SSSR count). The highest BCUT2D eigenvalue weighted by atomic mass is 32.1. The summed E-state index contributed by atoms with van der Waals surface area (Å²) >= 11 is 1.65. The number of hydrogen-bond acceptors (Lipinski definition) is 3. The monoisotopic (exact) mass is 238 g/mol. The average molecular weight is 238 g/mol. The molecule has 1 aliphatic rings. The van der Waals surface area contributed by atoms with Crippen molar-refractivity contribution in [2.75, 3.05) is 26.2 Å². The molecule has 0 unspecified atom stereocenters. The molecule has 16 heavy (non-hydrogen) atoms. The zero-order chi connectivity index (χ0) is 11.5. The number of thiophene rings is 1. The summed E-state index contributed by atoms with van der Waals surface area (Å²) in [5.41, 5.74) is 1.26. The Kier molecular flexibility index (Phi) is 3.61. The minimum absolute atomic E-state index is 0.203. The van der Waals surface area contributed by atoms with Crippen molar-refractivity contribution in [1.29, 1.82) is 0 Å². The van der Waals surface area contributed by atoms with Crippen molar-refractivity contribution < 1.29 is 4.79 Å². The second kappa shape index (κ2) is 4.97. The molecule has 0 spiro atoms. The first-order valence-electron chi connectivity index (χ1n) is 5.81. The van der Waals surface area contributed by atoms with Crippen LogP contribution in [0.5, 0.6) is 0 Å². The zero-order valence-corrected chi connectivity index (χ0v) is 10.7. The topological polar surface area (TPSA) is 32.3 Å². The Balaban J connectivity index is 2.13. The van der Waals surface area contributed by atoms with E-state index in [-0.39, 0.29) is 5.91 Å². The van der Waals surface area contributed by atoms with Crippen LogP contribution in [0.2, 0.25) is 0 Å². The zero-order valence-electron chi connectivity index (χ0n) is 9.88. The summed E-state index contributed by atoms with van der Waals surface area (Å²) in [5.74, 6) is 0.203. The fourth-order valence-corrected chi connectivity index (χ4v) is 3.08. The van der Waals surface area contributed by atoms with E-state index in [1.807, 2.05) is 11.0 Å². The Hall–Kier alpha value is -0.870. The second-order valence-electron chi connectivity index (χ2n) is 4.11. The maximum Gasteiger partial charge on any atom is 0.264 e. The van der Waals surface area contributed by atoms with Crippen LogP contribution >= 0.6 is 11.3 Å². The number of piperazine rings is 1. The summed E-state index contributed by atoms with van der Waals surface area (Å²) in [6, 6.07) is 2.04. The van der Waals surface area contributed by atoms with Gasteiger partial charge >= 0.3 is 0 Å². The Bertz CT molecular complexity index is 380. The molecule has 3 nitrogen and oxygen atoms in total. The number of nitrogens with one attached hydrogen (secondary N) is 1. The Morgan fingerprint density at radius 1 is 1.50 bits per heavy atom. The maximum atomic E-state index is 12.2. The molecule has 1 amide bonds. The first-order chi connectivity index (χ1) is 7.72. The predicted molar refractivity (Wildman–Crippen MR) is 67.2 cm³/mol. The van der Waals surface area contributed by atoms with Gasteiger partial charge in [0.25, 0.3) is 5.91 Å². The van der Waals surface area contributed by atoms with E-state index in [0.29, 0.717) is 0 Å². The molecule has 0 bridgehead atoms. The molecule has 0 saturated carbocycles. The van der Waals surface area contributed by atoms with E-state index in [2.05, 4.69) is 19.2 Å².